The minimum Gasteiger partial charge on any atom is -0.394 e. The van der Waals surface area contributed by atoms with Crippen LogP contribution >= 0.6 is 0 Å². The first-order chi connectivity index (χ1) is 30.8. The number of carbonyl (C=O) groups is 1. The van der Waals surface area contributed by atoms with Crippen molar-refractivity contribution in [3.05, 3.63) is 36.5 Å². The molecule has 9 heteroatoms. The summed E-state index contributed by atoms with van der Waals surface area (Å²) in [5.74, 6) is -0.177. The van der Waals surface area contributed by atoms with E-state index in [-0.39, 0.29) is 12.5 Å². The highest BCUT2D eigenvalue weighted by atomic mass is 16.7. The van der Waals surface area contributed by atoms with Crippen LogP contribution in [-0.4, -0.2) is 87.5 Å². The average molecular weight is 892 g/mol. The van der Waals surface area contributed by atoms with Crippen molar-refractivity contribution in [2.45, 2.75) is 288 Å². The monoisotopic (exact) mass is 892 g/mol. The molecule has 0 aromatic heterocycles. The predicted molar refractivity (Wildman–Crippen MR) is 263 cm³/mol. The molecule has 0 aliphatic carbocycles. The van der Waals surface area contributed by atoms with Gasteiger partial charge in [0.05, 0.1) is 25.4 Å². The van der Waals surface area contributed by atoms with E-state index in [4.69, 9.17) is 9.47 Å². The van der Waals surface area contributed by atoms with Crippen molar-refractivity contribution in [3.8, 4) is 0 Å². The minimum absolute atomic E-state index is 0.177. The first-order valence-corrected chi connectivity index (χ1v) is 26.7. The van der Waals surface area contributed by atoms with Crippen LogP contribution < -0.4 is 5.32 Å². The van der Waals surface area contributed by atoms with E-state index in [1.165, 1.54) is 180 Å². The summed E-state index contributed by atoms with van der Waals surface area (Å²) in [6.07, 6.45) is 49.1. The van der Waals surface area contributed by atoms with Crippen molar-refractivity contribution in [2.75, 3.05) is 13.2 Å². The number of hydrogen-bond acceptors (Lipinski definition) is 8. The number of carbonyl (C=O) groups excluding carboxylic acids is 1. The average Bonchev–Trinajstić information content (AvgIpc) is 3.28. The summed E-state index contributed by atoms with van der Waals surface area (Å²) >= 11 is 0. The van der Waals surface area contributed by atoms with E-state index in [0.717, 1.165) is 44.9 Å². The molecule has 1 amide bonds. The third kappa shape index (κ3) is 34.4. The van der Waals surface area contributed by atoms with Crippen LogP contribution in [0.1, 0.15) is 245 Å². The Balaban J connectivity index is 2.24. The minimum atomic E-state index is -1.57. The first-order valence-electron chi connectivity index (χ1n) is 26.7. The SMILES string of the molecule is CCCCCCC/C=C\C/C=C\CCCCCCCCCCCCCCCC(=O)NC(COC1OC(CO)C(O)C(O)C1O)C(O)/C=C/CCCCCCCCCCCCCCC. The van der Waals surface area contributed by atoms with Gasteiger partial charge in [-0.3, -0.25) is 4.79 Å². The van der Waals surface area contributed by atoms with Gasteiger partial charge >= 0.3 is 0 Å². The van der Waals surface area contributed by atoms with E-state index < -0.39 is 49.5 Å². The van der Waals surface area contributed by atoms with Crippen LogP contribution in [0.15, 0.2) is 36.5 Å². The smallest absolute Gasteiger partial charge is 0.220 e. The Kier molecular flexibility index (Phi) is 41.7. The van der Waals surface area contributed by atoms with Crippen molar-refractivity contribution in [2.24, 2.45) is 0 Å². The van der Waals surface area contributed by atoms with E-state index in [0.29, 0.717) is 6.42 Å². The zero-order chi connectivity index (χ0) is 45.9. The van der Waals surface area contributed by atoms with Crippen molar-refractivity contribution < 1.29 is 39.8 Å². The van der Waals surface area contributed by atoms with Gasteiger partial charge in [-0.1, -0.05) is 224 Å². The predicted octanol–water partition coefficient (Wildman–Crippen LogP) is 12.4. The number of aliphatic hydroxyl groups excluding tert-OH is 5. The van der Waals surface area contributed by atoms with Crippen LogP contribution in [0.4, 0.5) is 0 Å². The van der Waals surface area contributed by atoms with Gasteiger partial charge in [-0.05, 0) is 51.4 Å². The molecule has 0 bridgehead atoms. The highest BCUT2D eigenvalue weighted by molar-refractivity contribution is 5.76. The molecule has 6 N–H and O–H groups in total. The summed E-state index contributed by atoms with van der Waals surface area (Å²) in [4.78, 5) is 13.0. The molecular weight excluding hydrogens is 791 g/mol. The maximum atomic E-state index is 13.0. The summed E-state index contributed by atoms with van der Waals surface area (Å²) in [5.41, 5.74) is 0. The number of hydrogen-bond donors (Lipinski definition) is 6. The van der Waals surface area contributed by atoms with Crippen LogP contribution in [-0.2, 0) is 14.3 Å². The van der Waals surface area contributed by atoms with E-state index in [9.17, 15) is 30.3 Å². The van der Waals surface area contributed by atoms with Gasteiger partial charge in [0.2, 0.25) is 5.91 Å². The molecule has 1 aliphatic heterocycles. The number of aliphatic hydroxyl groups is 5. The van der Waals surface area contributed by atoms with Crippen molar-refractivity contribution in [1.82, 2.24) is 5.32 Å². The molecule has 0 spiro atoms. The molecule has 1 aliphatic rings. The van der Waals surface area contributed by atoms with Crippen LogP contribution in [0.5, 0.6) is 0 Å². The molecule has 1 heterocycles. The standard InChI is InChI=1S/C54H101NO8/c1-3-5-7-9-11-13-15-17-19-20-21-22-23-24-25-26-27-28-30-32-34-36-38-40-42-44-50(58)55-47(46-62-54-53(61)52(60)51(59)49(45-56)63-54)48(57)43-41-39-37-35-33-31-29-18-16-14-12-10-8-6-4-2/h15,17,20-21,41,43,47-49,51-54,56-57,59-61H,3-14,16,18-19,22-40,42,44-46H2,1-2H3,(H,55,58)/b17-15-,21-20-,43-41+. The number of nitrogens with one attached hydrogen (secondary N) is 1. The lowest BCUT2D eigenvalue weighted by Gasteiger charge is -2.40. The van der Waals surface area contributed by atoms with Gasteiger partial charge in [0.25, 0.3) is 0 Å². The topological polar surface area (TPSA) is 149 Å². The normalized spacial score (nSPS) is 20.4. The number of allylic oxidation sites excluding steroid dienone is 5. The van der Waals surface area contributed by atoms with E-state index in [1.54, 1.807) is 6.08 Å². The van der Waals surface area contributed by atoms with Gasteiger partial charge in [0, 0.05) is 6.42 Å². The van der Waals surface area contributed by atoms with E-state index in [2.05, 4.69) is 43.5 Å². The summed E-state index contributed by atoms with van der Waals surface area (Å²) in [6, 6.07) is -0.804. The van der Waals surface area contributed by atoms with Gasteiger partial charge in [0.1, 0.15) is 24.4 Å². The number of unbranched alkanes of at least 4 members (excludes halogenated alkanes) is 31. The lowest BCUT2D eigenvalue weighted by Crippen LogP contribution is -2.60. The lowest BCUT2D eigenvalue weighted by atomic mass is 9.99. The van der Waals surface area contributed by atoms with Gasteiger partial charge in [-0.2, -0.15) is 0 Å². The molecular formula is C54H101NO8. The zero-order valence-electron chi connectivity index (χ0n) is 40.8. The summed E-state index contributed by atoms with van der Waals surface area (Å²) in [7, 11) is 0. The van der Waals surface area contributed by atoms with Gasteiger partial charge in [0.15, 0.2) is 6.29 Å². The fraction of sp³-hybridized carbons (Fsp3) is 0.870. The maximum Gasteiger partial charge on any atom is 0.220 e. The fourth-order valence-electron chi connectivity index (χ4n) is 8.42. The molecule has 1 saturated heterocycles. The summed E-state index contributed by atoms with van der Waals surface area (Å²) < 4.78 is 11.2. The molecule has 1 fully saturated rings. The summed E-state index contributed by atoms with van der Waals surface area (Å²) in [6.45, 7) is 3.78. The fourth-order valence-corrected chi connectivity index (χ4v) is 8.42. The van der Waals surface area contributed by atoms with Gasteiger partial charge in [-0.15, -0.1) is 0 Å². The number of amides is 1. The quantitative estimate of drug-likeness (QED) is 0.0261. The highest BCUT2D eigenvalue weighted by Gasteiger charge is 2.44. The third-order valence-electron chi connectivity index (χ3n) is 12.7. The maximum absolute atomic E-state index is 13.0. The highest BCUT2D eigenvalue weighted by Crippen LogP contribution is 2.23. The van der Waals surface area contributed by atoms with Crippen molar-refractivity contribution in [3.63, 3.8) is 0 Å². The Hall–Kier alpha value is -1.59. The van der Waals surface area contributed by atoms with Crippen LogP contribution in [0.2, 0.25) is 0 Å². The molecule has 9 nitrogen and oxygen atoms in total. The molecule has 1 rings (SSSR count). The van der Waals surface area contributed by atoms with E-state index >= 15 is 0 Å². The van der Waals surface area contributed by atoms with E-state index in [1.807, 2.05) is 6.08 Å². The zero-order valence-corrected chi connectivity index (χ0v) is 40.8. The second-order valence-electron chi connectivity index (χ2n) is 18.7. The first kappa shape index (κ1) is 59.4. The van der Waals surface area contributed by atoms with Crippen LogP contribution in [0.25, 0.3) is 0 Å². The third-order valence-corrected chi connectivity index (χ3v) is 12.7. The molecule has 0 aromatic rings. The molecule has 7 unspecified atom stereocenters. The van der Waals surface area contributed by atoms with Crippen LogP contribution in [0.3, 0.4) is 0 Å². The molecule has 0 radical (unpaired) electrons. The molecule has 7 atom stereocenters. The Bertz CT molecular complexity index is 1080. The largest absolute Gasteiger partial charge is 0.394 e. The Morgan fingerprint density at radius 1 is 0.540 bits per heavy atom. The van der Waals surface area contributed by atoms with Crippen LogP contribution in [0, 0.1) is 0 Å². The van der Waals surface area contributed by atoms with Crippen molar-refractivity contribution in [1.29, 1.82) is 0 Å². The Labute approximate surface area is 387 Å². The lowest BCUT2D eigenvalue weighted by molar-refractivity contribution is -0.302. The number of ether oxygens (including phenoxy) is 2. The van der Waals surface area contributed by atoms with Crippen molar-refractivity contribution >= 4 is 5.91 Å². The van der Waals surface area contributed by atoms with Gasteiger partial charge < -0.3 is 40.3 Å². The molecule has 0 saturated carbocycles. The second kappa shape index (κ2) is 44.3. The Morgan fingerprint density at radius 2 is 0.937 bits per heavy atom. The van der Waals surface area contributed by atoms with Gasteiger partial charge in [-0.25, -0.2) is 0 Å². The molecule has 370 valence electrons. The Morgan fingerprint density at radius 3 is 1.37 bits per heavy atom. The molecule has 0 aromatic carbocycles. The summed E-state index contributed by atoms with van der Waals surface area (Å²) in [5, 5.41) is 54.4. The number of rotatable bonds is 45. The molecule has 63 heavy (non-hydrogen) atoms. The second-order valence-corrected chi connectivity index (χ2v) is 18.7.